The number of aryl methyl sites for hydroxylation is 1. The number of ether oxygens (including phenoxy) is 1. The van der Waals surface area contributed by atoms with E-state index >= 15 is 0 Å². The molecule has 1 aromatic carbocycles. The number of halogens is 1. The first-order chi connectivity index (χ1) is 8.56. The highest BCUT2D eigenvalue weighted by Gasteiger charge is 2.31. The van der Waals surface area contributed by atoms with Gasteiger partial charge in [-0.1, -0.05) is 15.9 Å². The third-order valence-corrected chi connectivity index (χ3v) is 3.97. The molecular weight excluding hydrogens is 294 g/mol. The fraction of sp³-hybridized carbons (Fsp3) is 0.357. The Morgan fingerprint density at radius 2 is 2.28 bits per heavy atom. The van der Waals surface area contributed by atoms with E-state index in [0.717, 1.165) is 15.7 Å². The molecule has 1 saturated heterocycles. The second-order valence-electron chi connectivity index (χ2n) is 4.35. The minimum absolute atomic E-state index is 0.00819. The van der Waals surface area contributed by atoms with Crippen LogP contribution in [-0.2, 0) is 4.79 Å². The van der Waals surface area contributed by atoms with Gasteiger partial charge in [-0.3, -0.25) is 4.79 Å². The van der Waals surface area contributed by atoms with Crippen LogP contribution in [0.15, 0.2) is 16.6 Å². The predicted octanol–water partition coefficient (Wildman–Crippen LogP) is 2.75. The Morgan fingerprint density at radius 3 is 2.83 bits per heavy atom. The molecule has 1 aliphatic rings. The summed E-state index contributed by atoms with van der Waals surface area (Å²) in [4.78, 5) is 13.7. The van der Waals surface area contributed by atoms with Gasteiger partial charge >= 0.3 is 0 Å². The van der Waals surface area contributed by atoms with Crippen molar-refractivity contribution in [3.63, 3.8) is 0 Å². The molecule has 2 rings (SSSR count). The summed E-state index contributed by atoms with van der Waals surface area (Å²) in [5.41, 5.74) is 1.85. The van der Waals surface area contributed by atoms with Crippen molar-refractivity contribution in [2.45, 2.75) is 13.3 Å². The van der Waals surface area contributed by atoms with Crippen LogP contribution in [0.2, 0.25) is 0 Å². The van der Waals surface area contributed by atoms with Gasteiger partial charge in [-0.05, 0) is 24.6 Å². The number of benzene rings is 1. The summed E-state index contributed by atoms with van der Waals surface area (Å²) in [5, 5.41) is 0. The van der Waals surface area contributed by atoms with Gasteiger partial charge in [0.15, 0.2) is 0 Å². The van der Waals surface area contributed by atoms with Gasteiger partial charge in [0, 0.05) is 23.4 Å². The van der Waals surface area contributed by atoms with E-state index in [2.05, 4.69) is 21.9 Å². The Kier molecular flexibility index (Phi) is 3.63. The summed E-state index contributed by atoms with van der Waals surface area (Å²) in [6.07, 6.45) is 5.80. The molecule has 0 radical (unpaired) electrons. The maximum atomic E-state index is 12.0. The van der Waals surface area contributed by atoms with Crippen LogP contribution < -0.4 is 9.64 Å². The number of carbonyl (C=O) groups is 1. The molecule has 3 nitrogen and oxygen atoms in total. The van der Waals surface area contributed by atoms with Gasteiger partial charge in [0.2, 0.25) is 5.91 Å². The minimum atomic E-state index is -0.00819. The smallest absolute Gasteiger partial charge is 0.228 e. The van der Waals surface area contributed by atoms with Crippen molar-refractivity contribution >= 4 is 27.5 Å². The number of hydrogen-bond acceptors (Lipinski definition) is 2. The molecule has 0 saturated carbocycles. The Morgan fingerprint density at radius 1 is 1.56 bits per heavy atom. The number of carbonyl (C=O) groups excluding carboxylic acids is 1. The molecule has 94 valence electrons. The molecule has 0 aromatic heterocycles. The van der Waals surface area contributed by atoms with Gasteiger partial charge in [-0.25, -0.2) is 0 Å². The second-order valence-corrected chi connectivity index (χ2v) is 5.20. The van der Waals surface area contributed by atoms with Crippen molar-refractivity contribution in [3.8, 4) is 18.1 Å². The summed E-state index contributed by atoms with van der Waals surface area (Å²) < 4.78 is 6.30. The number of hydrogen-bond donors (Lipinski definition) is 0. The second kappa shape index (κ2) is 5.03. The van der Waals surface area contributed by atoms with E-state index < -0.39 is 0 Å². The zero-order valence-electron chi connectivity index (χ0n) is 10.4. The average Bonchev–Trinajstić information content (AvgIpc) is 2.73. The van der Waals surface area contributed by atoms with Crippen molar-refractivity contribution in [2.75, 3.05) is 18.6 Å². The number of nitrogens with zero attached hydrogens (tertiary/aromatic N) is 1. The molecule has 1 atom stereocenters. The third kappa shape index (κ3) is 2.23. The average molecular weight is 308 g/mol. The molecule has 4 heteroatoms. The van der Waals surface area contributed by atoms with Crippen LogP contribution in [0.25, 0.3) is 0 Å². The van der Waals surface area contributed by atoms with E-state index in [9.17, 15) is 4.79 Å². The van der Waals surface area contributed by atoms with Crippen LogP contribution in [0.3, 0.4) is 0 Å². The highest BCUT2D eigenvalue weighted by atomic mass is 79.9. The van der Waals surface area contributed by atoms with Gasteiger partial charge in [-0.15, -0.1) is 12.3 Å². The fourth-order valence-corrected chi connectivity index (χ4v) is 2.40. The van der Waals surface area contributed by atoms with Crippen molar-refractivity contribution in [1.82, 2.24) is 0 Å². The Labute approximate surface area is 115 Å². The highest BCUT2D eigenvalue weighted by molar-refractivity contribution is 9.10. The highest BCUT2D eigenvalue weighted by Crippen LogP contribution is 2.36. The van der Waals surface area contributed by atoms with E-state index in [4.69, 9.17) is 11.2 Å². The fourth-order valence-electron chi connectivity index (χ4n) is 2.07. The summed E-state index contributed by atoms with van der Waals surface area (Å²) in [5.74, 6) is 3.37. The number of terminal acetylenes is 1. The molecular formula is C14H14BrNO2. The van der Waals surface area contributed by atoms with Crippen LogP contribution >= 0.6 is 15.9 Å². The minimum Gasteiger partial charge on any atom is -0.495 e. The summed E-state index contributed by atoms with van der Waals surface area (Å²) in [7, 11) is 1.60. The molecule has 1 aromatic rings. The standard InChI is InChI=1S/C14H14BrNO2/c1-4-10-6-14(17)16(8-10)12-5-9(2)11(15)7-13(12)18-3/h1,5,7,10H,6,8H2,2-3H3. The maximum Gasteiger partial charge on any atom is 0.228 e. The maximum absolute atomic E-state index is 12.0. The quantitative estimate of drug-likeness (QED) is 0.786. The van der Waals surface area contributed by atoms with Crippen LogP contribution in [0.1, 0.15) is 12.0 Å². The van der Waals surface area contributed by atoms with E-state index in [-0.39, 0.29) is 11.8 Å². The summed E-state index contributed by atoms with van der Waals surface area (Å²) >= 11 is 3.45. The normalized spacial score (nSPS) is 18.9. The first kappa shape index (κ1) is 13.0. The molecule has 1 heterocycles. The molecule has 0 spiro atoms. The van der Waals surface area contributed by atoms with Gasteiger partial charge < -0.3 is 9.64 Å². The lowest BCUT2D eigenvalue weighted by Crippen LogP contribution is -2.25. The largest absolute Gasteiger partial charge is 0.495 e. The lowest BCUT2D eigenvalue weighted by molar-refractivity contribution is -0.117. The molecule has 0 bridgehead atoms. The van der Waals surface area contributed by atoms with Crippen molar-refractivity contribution in [2.24, 2.45) is 5.92 Å². The van der Waals surface area contributed by atoms with Gasteiger partial charge in [0.25, 0.3) is 0 Å². The molecule has 0 N–H and O–H groups in total. The van der Waals surface area contributed by atoms with Gasteiger partial charge in [0.1, 0.15) is 5.75 Å². The summed E-state index contributed by atoms with van der Waals surface area (Å²) in [6, 6.07) is 3.82. The zero-order valence-corrected chi connectivity index (χ0v) is 12.0. The number of methoxy groups -OCH3 is 1. The van der Waals surface area contributed by atoms with E-state index in [1.54, 1.807) is 12.0 Å². The first-order valence-electron chi connectivity index (χ1n) is 5.67. The predicted molar refractivity (Wildman–Crippen MR) is 74.7 cm³/mol. The number of rotatable bonds is 2. The monoisotopic (exact) mass is 307 g/mol. The Bertz CT molecular complexity index is 533. The van der Waals surface area contributed by atoms with Crippen molar-refractivity contribution in [1.29, 1.82) is 0 Å². The topological polar surface area (TPSA) is 29.5 Å². The molecule has 1 fully saturated rings. The molecule has 0 aliphatic carbocycles. The van der Waals surface area contributed by atoms with E-state index in [0.29, 0.717) is 18.7 Å². The first-order valence-corrected chi connectivity index (χ1v) is 6.46. The summed E-state index contributed by atoms with van der Waals surface area (Å²) in [6.45, 7) is 2.54. The van der Waals surface area contributed by atoms with Crippen LogP contribution in [0.5, 0.6) is 5.75 Å². The Balaban J connectivity index is 2.42. The molecule has 1 unspecified atom stereocenters. The van der Waals surface area contributed by atoms with Gasteiger partial charge in [0.05, 0.1) is 12.8 Å². The van der Waals surface area contributed by atoms with Crippen LogP contribution in [0, 0.1) is 25.2 Å². The lowest BCUT2D eigenvalue weighted by Gasteiger charge is -2.20. The molecule has 1 amide bonds. The lowest BCUT2D eigenvalue weighted by atomic mass is 10.1. The van der Waals surface area contributed by atoms with Crippen LogP contribution in [-0.4, -0.2) is 19.6 Å². The molecule has 1 aliphatic heterocycles. The SMILES string of the molecule is C#CC1CC(=O)N(c2cc(C)c(Br)cc2OC)C1. The zero-order chi connectivity index (χ0) is 13.3. The van der Waals surface area contributed by atoms with E-state index in [1.165, 1.54) is 0 Å². The number of anilines is 1. The Hall–Kier alpha value is -1.47. The number of amides is 1. The van der Waals surface area contributed by atoms with E-state index in [1.807, 2.05) is 19.1 Å². The molecule has 18 heavy (non-hydrogen) atoms. The van der Waals surface area contributed by atoms with Crippen LogP contribution in [0.4, 0.5) is 5.69 Å². The van der Waals surface area contributed by atoms with Crippen molar-refractivity contribution < 1.29 is 9.53 Å². The van der Waals surface area contributed by atoms with Crippen molar-refractivity contribution in [3.05, 3.63) is 22.2 Å². The third-order valence-electron chi connectivity index (χ3n) is 3.11. The van der Waals surface area contributed by atoms with Gasteiger partial charge in [-0.2, -0.15) is 0 Å².